The van der Waals surface area contributed by atoms with Crippen molar-refractivity contribution in [1.29, 1.82) is 0 Å². The first kappa shape index (κ1) is 17.5. The molecule has 0 saturated heterocycles. The number of rotatable bonds is 3. The molecule has 8 heteroatoms. The molecule has 4 aromatic heterocycles. The van der Waals surface area contributed by atoms with E-state index in [1.807, 2.05) is 57.0 Å². The maximum Gasteiger partial charge on any atom is 0.159 e. The SMILES string of the molecule is Cn1cc(-c2ccc3c(-c4cn(C)nc4-c4nc5ccccc5[nH]4)ncnc3c2)cn1. The number of nitrogens with zero attached hydrogens (tertiary/aromatic N) is 7. The lowest BCUT2D eigenvalue weighted by Gasteiger charge is -2.06. The third-order valence-electron chi connectivity index (χ3n) is 5.37. The van der Waals surface area contributed by atoms with Gasteiger partial charge in [-0.3, -0.25) is 9.36 Å². The maximum atomic E-state index is 4.73. The monoisotopic (exact) mass is 406 g/mol. The normalized spacial score (nSPS) is 11.5. The van der Waals surface area contributed by atoms with Gasteiger partial charge in [-0.2, -0.15) is 10.2 Å². The van der Waals surface area contributed by atoms with Gasteiger partial charge in [-0.05, 0) is 29.8 Å². The molecule has 6 rings (SSSR count). The summed E-state index contributed by atoms with van der Waals surface area (Å²) < 4.78 is 3.58. The van der Waals surface area contributed by atoms with Crippen LogP contribution in [0.15, 0.2) is 67.4 Å². The standard InChI is InChI=1S/C23H18N8/c1-30-11-15(10-26-30)14-7-8-16-20(9-14)24-13-25-21(16)17-12-31(2)29-22(17)23-27-18-5-3-4-6-19(18)28-23/h3-13H,1-2H3,(H,27,28). The number of imidazole rings is 1. The Bertz CT molecular complexity index is 1540. The second kappa shape index (κ2) is 6.60. The highest BCUT2D eigenvalue weighted by molar-refractivity contribution is 5.97. The molecule has 150 valence electrons. The van der Waals surface area contributed by atoms with Crippen LogP contribution in [0, 0.1) is 0 Å². The average Bonchev–Trinajstić information content (AvgIpc) is 3.50. The highest BCUT2D eigenvalue weighted by Crippen LogP contribution is 2.34. The van der Waals surface area contributed by atoms with E-state index in [-0.39, 0.29) is 0 Å². The van der Waals surface area contributed by atoms with Crippen molar-refractivity contribution in [3.8, 4) is 33.9 Å². The van der Waals surface area contributed by atoms with Crippen LogP contribution in [0.2, 0.25) is 0 Å². The molecule has 0 amide bonds. The van der Waals surface area contributed by atoms with Crippen molar-refractivity contribution in [2.45, 2.75) is 0 Å². The predicted molar refractivity (Wildman–Crippen MR) is 119 cm³/mol. The van der Waals surface area contributed by atoms with Crippen molar-refractivity contribution in [2.24, 2.45) is 14.1 Å². The minimum atomic E-state index is 0.718. The fourth-order valence-electron chi connectivity index (χ4n) is 3.92. The molecule has 0 aliphatic heterocycles. The molecular weight excluding hydrogens is 388 g/mol. The van der Waals surface area contributed by atoms with Crippen molar-refractivity contribution < 1.29 is 0 Å². The van der Waals surface area contributed by atoms with Gasteiger partial charge in [0.2, 0.25) is 0 Å². The van der Waals surface area contributed by atoms with Gasteiger partial charge in [-0.1, -0.05) is 18.2 Å². The summed E-state index contributed by atoms with van der Waals surface area (Å²) in [6, 6.07) is 14.2. The van der Waals surface area contributed by atoms with E-state index in [0.29, 0.717) is 0 Å². The third-order valence-corrected chi connectivity index (χ3v) is 5.37. The van der Waals surface area contributed by atoms with E-state index in [1.54, 1.807) is 15.7 Å². The van der Waals surface area contributed by atoms with Crippen LogP contribution in [-0.2, 0) is 14.1 Å². The highest BCUT2D eigenvalue weighted by Gasteiger charge is 2.19. The number of fused-ring (bicyclic) bond motifs is 2. The van der Waals surface area contributed by atoms with Gasteiger partial charge < -0.3 is 4.98 Å². The van der Waals surface area contributed by atoms with Crippen LogP contribution in [0.3, 0.4) is 0 Å². The van der Waals surface area contributed by atoms with E-state index in [1.165, 1.54) is 0 Å². The first-order valence-corrected chi connectivity index (χ1v) is 9.88. The van der Waals surface area contributed by atoms with E-state index in [4.69, 9.17) is 4.98 Å². The van der Waals surface area contributed by atoms with Gasteiger partial charge in [0.1, 0.15) is 12.0 Å². The molecule has 0 atom stereocenters. The molecule has 8 nitrogen and oxygen atoms in total. The highest BCUT2D eigenvalue weighted by atomic mass is 15.3. The number of aromatic amines is 1. The quantitative estimate of drug-likeness (QED) is 0.480. The number of para-hydroxylation sites is 2. The largest absolute Gasteiger partial charge is 0.337 e. The molecule has 4 heterocycles. The molecule has 6 aromatic rings. The Kier molecular flexibility index (Phi) is 3.73. The lowest BCUT2D eigenvalue weighted by atomic mass is 10.0. The van der Waals surface area contributed by atoms with Crippen LogP contribution in [0.5, 0.6) is 0 Å². The van der Waals surface area contributed by atoms with Gasteiger partial charge in [-0.15, -0.1) is 0 Å². The minimum Gasteiger partial charge on any atom is -0.337 e. The molecule has 0 saturated carbocycles. The molecule has 0 radical (unpaired) electrons. The van der Waals surface area contributed by atoms with Gasteiger partial charge in [0.05, 0.1) is 34.0 Å². The van der Waals surface area contributed by atoms with Crippen molar-refractivity contribution in [3.05, 3.63) is 67.4 Å². The van der Waals surface area contributed by atoms with Gasteiger partial charge in [0.15, 0.2) is 5.82 Å². The van der Waals surface area contributed by atoms with Crippen LogP contribution >= 0.6 is 0 Å². The molecule has 0 aliphatic rings. The van der Waals surface area contributed by atoms with E-state index in [0.717, 1.165) is 55.8 Å². The van der Waals surface area contributed by atoms with Crippen LogP contribution < -0.4 is 0 Å². The maximum absolute atomic E-state index is 4.73. The van der Waals surface area contributed by atoms with Gasteiger partial charge in [-0.25, -0.2) is 15.0 Å². The zero-order valence-electron chi connectivity index (χ0n) is 17.0. The molecule has 0 unspecified atom stereocenters. The lowest BCUT2D eigenvalue weighted by Crippen LogP contribution is -1.92. The van der Waals surface area contributed by atoms with Crippen molar-refractivity contribution in [2.75, 3.05) is 0 Å². The molecule has 2 aromatic carbocycles. The van der Waals surface area contributed by atoms with Crippen molar-refractivity contribution >= 4 is 21.9 Å². The van der Waals surface area contributed by atoms with Gasteiger partial charge in [0, 0.05) is 37.4 Å². The lowest BCUT2D eigenvalue weighted by molar-refractivity contribution is 0.768. The van der Waals surface area contributed by atoms with Crippen molar-refractivity contribution in [1.82, 2.24) is 39.5 Å². The summed E-state index contributed by atoms with van der Waals surface area (Å²) in [6.07, 6.45) is 7.41. The minimum absolute atomic E-state index is 0.718. The molecule has 0 aliphatic carbocycles. The zero-order valence-corrected chi connectivity index (χ0v) is 17.0. The van der Waals surface area contributed by atoms with Gasteiger partial charge in [0.25, 0.3) is 0 Å². The van der Waals surface area contributed by atoms with Crippen molar-refractivity contribution in [3.63, 3.8) is 0 Å². The molecule has 0 fully saturated rings. The summed E-state index contributed by atoms with van der Waals surface area (Å²) in [7, 11) is 3.81. The molecular formula is C23H18N8. The van der Waals surface area contributed by atoms with E-state index in [2.05, 4.69) is 43.3 Å². The number of aromatic nitrogens is 8. The van der Waals surface area contributed by atoms with Crippen LogP contribution in [-0.4, -0.2) is 39.5 Å². The summed E-state index contributed by atoms with van der Waals surface area (Å²) in [6.45, 7) is 0. The number of aryl methyl sites for hydroxylation is 2. The topological polar surface area (TPSA) is 90.1 Å². The summed E-state index contributed by atoms with van der Waals surface area (Å²) in [5, 5.41) is 9.90. The Labute approximate surface area is 177 Å². The zero-order chi connectivity index (χ0) is 20.9. The molecule has 0 spiro atoms. The second-order valence-electron chi connectivity index (χ2n) is 7.52. The summed E-state index contributed by atoms with van der Waals surface area (Å²) in [5.74, 6) is 0.718. The predicted octanol–water partition coefficient (Wildman–Crippen LogP) is 3.97. The summed E-state index contributed by atoms with van der Waals surface area (Å²) >= 11 is 0. The van der Waals surface area contributed by atoms with E-state index >= 15 is 0 Å². The fourth-order valence-corrected chi connectivity index (χ4v) is 3.92. The summed E-state index contributed by atoms with van der Waals surface area (Å²) in [5.41, 5.74) is 7.35. The first-order valence-electron chi connectivity index (χ1n) is 9.88. The fraction of sp³-hybridized carbons (Fsp3) is 0.0870. The summed E-state index contributed by atoms with van der Waals surface area (Å²) in [4.78, 5) is 17.2. The Morgan fingerprint density at radius 1 is 0.839 bits per heavy atom. The Morgan fingerprint density at radius 3 is 2.58 bits per heavy atom. The third kappa shape index (κ3) is 2.88. The Balaban J connectivity index is 1.52. The molecule has 0 bridgehead atoms. The second-order valence-corrected chi connectivity index (χ2v) is 7.52. The van der Waals surface area contributed by atoms with Gasteiger partial charge >= 0.3 is 0 Å². The number of hydrogen-bond acceptors (Lipinski definition) is 5. The molecule has 31 heavy (non-hydrogen) atoms. The molecule has 1 N–H and O–H groups in total. The Morgan fingerprint density at radius 2 is 1.74 bits per heavy atom. The van der Waals surface area contributed by atoms with E-state index in [9.17, 15) is 0 Å². The number of hydrogen-bond donors (Lipinski definition) is 1. The first-order chi connectivity index (χ1) is 15.2. The Hall–Kier alpha value is -4.33. The van der Waals surface area contributed by atoms with Crippen LogP contribution in [0.4, 0.5) is 0 Å². The average molecular weight is 406 g/mol. The smallest absolute Gasteiger partial charge is 0.159 e. The van der Waals surface area contributed by atoms with Crippen LogP contribution in [0.25, 0.3) is 55.8 Å². The van der Waals surface area contributed by atoms with Crippen LogP contribution in [0.1, 0.15) is 0 Å². The number of benzene rings is 2. The number of H-pyrrole nitrogens is 1. The number of nitrogens with one attached hydrogen (secondary N) is 1. The van der Waals surface area contributed by atoms with E-state index < -0.39 is 0 Å².